The molecule has 3 heterocycles. The summed E-state index contributed by atoms with van der Waals surface area (Å²) in [6.07, 6.45) is -1.49. The van der Waals surface area contributed by atoms with Crippen molar-refractivity contribution in [1.29, 1.82) is 0 Å². The maximum absolute atomic E-state index is 10.7. The fourth-order valence-corrected chi connectivity index (χ4v) is 4.00. The van der Waals surface area contributed by atoms with Crippen molar-refractivity contribution in [3.63, 3.8) is 0 Å². The van der Waals surface area contributed by atoms with Gasteiger partial charge in [-0.05, 0) is 5.56 Å². The Morgan fingerprint density at radius 3 is 2.59 bits per heavy atom. The number of nitro benzene ring substituents is 1. The number of aliphatic hydroxyl groups excluding tert-OH is 3. The molecule has 12 heteroatoms. The van der Waals surface area contributed by atoms with Gasteiger partial charge in [-0.2, -0.15) is 0 Å². The molecule has 1 aliphatic heterocycles. The average molecular weight is 419 g/mol. The predicted molar refractivity (Wildman–Crippen MR) is 101 cm³/mol. The van der Waals surface area contributed by atoms with Crippen LogP contribution in [0.3, 0.4) is 0 Å². The summed E-state index contributed by atoms with van der Waals surface area (Å²) in [5.74, 6) is 0.519. The van der Waals surface area contributed by atoms with Gasteiger partial charge in [0.2, 0.25) is 0 Å². The second kappa shape index (κ2) is 8.00. The first-order chi connectivity index (χ1) is 14.0. The Balaban J connectivity index is 1.55. The molecule has 0 spiro atoms. The lowest BCUT2D eigenvalue weighted by Crippen LogP contribution is -2.33. The molecule has 0 amide bonds. The minimum Gasteiger partial charge on any atom is -0.394 e. The van der Waals surface area contributed by atoms with Gasteiger partial charge in [0.1, 0.15) is 35.2 Å². The number of aromatic nitrogens is 4. The van der Waals surface area contributed by atoms with E-state index in [1.54, 1.807) is 12.1 Å². The first-order valence-corrected chi connectivity index (χ1v) is 9.64. The molecule has 11 nitrogen and oxygen atoms in total. The molecule has 1 aromatic carbocycles. The van der Waals surface area contributed by atoms with E-state index in [1.807, 2.05) is 0 Å². The molecule has 2 aromatic heterocycles. The number of benzene rings is 1. The van der Waals surface area contributed by atoms with Crippen LogP contribution in [-0.2, 0) is 10.5 Å². The van der Waals surface area contributed by atoms with Gasteiger partial charge in [0.25, 0.3) is 5.69 Å². The molecular weight excluding hydrogens is 402 g/mol. The number of nitro groups is 1. The smallest absolute Gasteiger partial charge is 0.269 e. The fraction of sp³-hybridized carbons (Fsp3) is 0.353. The highest BCUT2D eigenvalue weighted by Crippen LogP contribution is 2.33. The normalized spacial score (nSPS) is 24.2. The monoisotopic (exact) mass is 419 g/mol. The Labute approximate surface area is 168 Å². The molecule has 1 unspecified atom stereocenters. The Morgan fingerprint density at radius 1 is 1.17 bits per heavy atom. The number of hydrogen-bond donors (Lipinski definition) is 3. The topological polar surface area (TPSA) is 157 Å². The minimum absolute atomic E-state index is 0.0282. The number of aliphatic hydroxyl groups is 3. The second-order valence-corrected chi connectivity index (χ2v) is 7.41. The zero-order valence-corrected chi connectivity index (χ0v) is 15.7. The van der Waals surface area contributed by atoms with E-state index in [1.165, 1.54) is 41.1 Å². The molecule has 0 saturated carbocycles. The van der Waals surface area contributed by atoms with Gasteiger partial charge in [0.15, 0.2) is 11.9 Å². The van der Waals surface area contributed by atoms with Gasteiger partial charge in [0, 0.05) is 17.9 Å². The molecule has 29 heavy (non-hydrogen) atoms. The standard InChI is InChI=1S/C17H17N5O6S/c23-5-11-13(24)14(25)17(28-11)21-8-20-12-15(21)18-7-19-16(12)29-6-9-1-3-10(4-2-9)22(26)27/h1-4,7-8,11,13-14,17,23-25H,5-6H2/t11-,13+,14?,17-/m1/s1. The number of nitrogens with zero attached hydrogens (tertiary/aromatic N) is 5. The Kier molecular flexibility index (Phi) is 5.43. The lowest BCUT2D eigenvalue weighted by atomic mass is 10.1. The summed E-state index contributed by atoms with van der Waals surface area (Å²) in [6.45, 7) is -0.424. The van der Waals surface area contributed by atoms with Crippen LogP contribution >= 0.6 is 11.8 Å². The number of hydrogen-bond acceptors (Lipinski definition) is 10. The number of thioether (sulfide) groups is 1. The van der Waals surface area contributed by atoms with Crippen LogP contribution in [-0.4, -0.2) is 64.7 Å². The SMILES string of the molecule is O=[N+]([O-])c1ccc(CSc2ncnc3c2ncn3[C@@H]2O[C@H](CO)[C@H](O)C2O)cc1. The van der Waals surface area contributed by atoms with Gasteiger partial charge in [0.05, 0.1) is 17.9 Å². The predicted octanol–water partition coefficient (Wildman–Crippen LogP) is 0.638. The van der Waals surface area contributed by atoms with E-state index in [9.17, 15) is 25.4 Å². The van der Waals surface area contributed by atoms with E-state index in [4.69, 9.17) is 4.74 Å². The van der Waals surface area contributed by atoms with Crippen molar-refractivity contribution in [3.05, 3.63) is 52.6 Å². The third kappa shape index (κ3) is 3.68. The summed E-state index contributed by atoms with van der Waals surface area (Å²) >= 11 is 1.39. The molecule has 1 saturated heterocycles. The zero-order valence-electron chi connectivity index (χ0n) is 14.9. The van der Waals surface area contributed by atoms with Gasteiger partial charge in [-0.25, -0.2) is 15.0 Å². The van der Waals surface area contributed by atoms with Crippen LogP contribution in [0.2, 0.25) is 0 Å². The van der Waals surface area contributed by atoms with Crippen molar-refractivity contribution >= 4 is 28.6 Å². The summed E-state index contributed by atoms with van der Waals surface area (Å²) in [5.41, 5.74) is 1.83. The number of non-ortho nitro benzene ring substituents is 1. The quantitative estimate of drug-likeness (QED) is 0.224. The number of ether oxygens (including phenoxy) is 1. The molecular formula is C17H17N5O6S. The van der Waals surface area contributed by atoms with Gasteiger partial charge in [-0.1, -0.05) is 23.9 Å². The molecule has 0 bridgehead atoms. The van der Waals surface area contributed by atoms with Crippen molar-refractivity contribution in [1.82, 2.24) is 19.5 Å². The molecule has 152 valence electrons. The van der Waals surface area contributed by atoms with Crippen LogP contribution in [0.4, 0.5) is 5.69 Å². The van der Waals surface area contributed by atoms with Crippen molar-refractivity contribution < 1.29 is 25.0 Å². The van der Waals surface area contributed by atoms with Crippen LogP contribution in [0.1, 0.15) is 11.8 Å². The van der Waals surface area contributed by atoms with E-state index in [2.05, 4.69) is 15.0 Å². The molecule has 0 radical (unpaired) electrons. The van der Waals surface area contributed by atoms with Crippen molar-refractivity contribution in [2.24, 2.45) is 0 Å². The highest BCUT2D eigenvalue weighted by molar-refractivity contribution is 7.98. The third-order valence-electron chi connectivity index (χ3n) is 4.64. The second-order valence-electron chi connectivity index (χ2n) is 6.44. The van der Waals surface area contributed by atoms with Crippen LogP contribution in [0.15, 0.2) is 41.9 Å². The van der Waals surface area contributed by atoms with Crippen molar-refractivity contribution in [2.45, 2.75) is 35.3 Å². The Morgan fingerprint density at radius 2 is 1.93 bits per heavy atom. The van der Waals surface area contributed by atoms with Gasteiger partial charge < -0.3 is 20.1 Å². The van der Waals surface area contributed by atoms with Gasteiger partial charge in [-0.15, -0.1) is 0 Å². The van der Waals surface area contributed by atoms with Crippen molar-refractivity contribution in [3.8, 4) is 0 Å². The van der Waals surface area contributed by atoms with Crippen LogP contribution in [0, 0.1) is 10.1 Å². The number of imidazole rings is 1. The van der Waals surface area contributed by atoms with E-state index in [-0.39, 0.29) is 5.69 Å². The Bertz CT molecular complexity index is 1030. The molecule has 0 aliphatic carbocycles. The van der Waals surface area contributed by atoms with Crippen molar-refractivity contribution in [2.75, 3.05) is 6.61 Å². The first-order valence-electron chi connectivity index (χ1n) is 8.65. The Hall–Kier alpha value is -2.64. The summed E-state index contributed by atoms with van der Waals surface area (Å²) in [5, 5.41) is 40.8. The largest absolute Gasteiger partial charge is 0.394 e. The lowest BCUT2D eigenvalue weighted by Gasteiger charge is -2.16. The summed E-state index contributed by atoms with van der Waals surface area (Å²) in [4.78, 5) is 23.1. The molecule has 4 rings (SSSR count). The number of fused-ring (bicyclic) bond motifs is 1. The third-order valence-corrected chi connectivity index (χ3v) is 5.69. The van der Waals surface area contributed by atoms with Crippen LogP contribution < -0.4 is 0 Å². The maximum Gasteiger partial charge on any atom is 0.269 e. The maximum atomic E-state index is 10.7. The summed E-state index contributed by atoms with van der Waals surface area (Å²) in [6, 6.07) is 6.26. The molecule has 1 fully saturated rings. The highest BCUT2D eigenvalue weighted by atomic mass is 32.2. The van der Waals surface area contributed by atoms with E-state index in [0.717, 1.165) is 5.56 Å². The van der Waals surface area contributed by atoms with E-state index in [0.29, 0.717) is 21.9 Å². The first kappa shape index (κ1) is 19.7. The van der Waals surface area contributed by atoms with E-state index < -0.39 is 36.1 Å². The van der Waals surface area contributed by atoms with E-state index >= 15 is 0 Å². The summed E-state index contributed by atoms with van der Waals surface area (Å²) in [7, 11) is 0. The molecule has 4 atom stereocenters. The number of rotatable bonds is 6. The van der Waals surface area contributed by atoms with Gasteiger partial charge in [-0.3, -0.25) is 14.7 Å². The zero-order chi connectivity index (χ0) is 20.5. The van der Waals surface area contributed by atoms with Gasteiger partial charge >= 0.3 is 0 Å². The molecule has 1 aliphatic rings. The molecule has 3 aromatic rings. The van der Waals surface area contributed by atoms with Crippen LogP contribution in [0.5, 0.6) is 0 Å². The lowest BCUT2D eigenvalue weighted by molar-refractivity contribution is -0.384. The molecule has 3 N–H and O–H groups in total. The minimum atomic E-state index is -1.24. The van der Waals surface area contributed by atoms with Crippen LogP contribution in [0.25, 0.3) is 11.2 Å². The fourth-order valence-electron chi connectivity index (χ4n) is 3.10. The summed E-state index contributed by atoms with van der Waals surface area (Å²) < 4.78 is 7.03. The average Bonchev–Trinajstić information content (AvgIpc) is 3.28. The highest BCUT2D eigenvalue weighted by Gasteiger charge is 2.44.